The van der Waals surface area contributed by atoms with E-state index in [1.807, 2.05) is 33.8 Å². The zero-order valence-electron chi connectivity index (χ0n) is 14.7. The molecule has 1 aromatic heterocycles. The van der Waals surface area contributed by atoms with Crippen LogP contribution in [0, 0.1) is 5.92 Å². The molecule has 1 atom stereocenters. The first kappa shape index (κ1) is 16.6. The highest BCUT2D eigenvalue weighted by atomic mass is 35.5. The van der Waals surface area contributed by atoms with E-state index >= 15 is 0 Å². The number of carbonyl (C=O) groups excluding carboxylic acids is 1. The van der Waals surface area contributed by atoms with E-state index < -0.39 is 0 Å². The standard InChI is InChI=1S/C20H24ClN3O/c1-14-11-12-23(13-14)20(25)19-17-5-3-2-4-6-18(17)24(22-19)16-9-7-15(21)8-10-16/h7-10,14H,2-6,11-13H2,1H3. The number of amides is 1. The SMILES string of the molecule is CC1CCN(C(=O)c2nn(-c3ccc(Cl)cc3)c3c2CCCCC3)C1. The van der Waals surface area contributed by atoms with Gasteiger partial charge in [-0.25, -0.2) is 4.68 Å². The average Bonchev–Trinajstić information content (AvgIpc) is 3.11. The number of likely N-dealkylation sites (tertiary alicyclic amines) is 1. The van der Waals surface area contributed by atoms with Crippen LogP contribution in [0.1, 0.15) is 54.4 Å². The molecular weight excluding hydrogens is 334 g/mol. The fourth-order valence-electron chi connectivity index (χ4n) is 4.01. The first-order valence-corrected chi connectivity index (χ1v) is 9.67. The molecule has 132 valence electrons. The van der Waals surface area contributed by atoms with E-state index in [-0.39, 0.29) is 5.91 Å². The van der Waals surface area contributed by atoms with Gasteiger partial charge in [0, 0.05) is 29.4 Å². The van der Waals surface area contributed by atoms with Crippen LogP contribution in [0.4, 0.5) is 0 Å². The maximum absolute atomic E-state index is 13.1. The summed E-state index contributed by atoms with van der Waals surface area (Å²) in [6.45, 7) is 3.91. The van der Waals surface area contributed by atoms with Gasteiger partial charge in [0.15, 0.2) is 5.69 Å². The quantitative estimate of drug-likeness (QED) is 0.752. The molecule has 1 aliphatic heterocycles. The molecule has 4 rings (SSSR count). The molecular formula is C20H24ClN3O. The molecule has 5 heteroatoms. The number of benzene rings is 1. The molecule has 1 amide bonds. The lowest BCUT2D eigenvalue weighted by Gasteiger charge is -2.15. The Kier molecular flexibility index (Phi) is 4.55. The third-order valence-electron chi connectivity index (χ3n) is 5.42. The van der Waals surface area contributed by atoms with Crippen molar-refractivity contribution in [1.82, 2.24) is 14.7 Å². The van der Waals surface area contributed by atoms with Crippen LogP contribution in [0.5, 0.6) is 0 Å². The number of fused-ring (bicyclic) bond motifs is 1. The van der Waals surface area contributed by atoms with Gasteiger partial charge in [-0.05, 0) is 62.3 Å². The maximum atomic E-state index is 13.1. The molecule has 1 saturated heterocycles. The molecule has 0 saturated carbocycles. The average molecular weight is 358 g/mol. The largest absolute Gasteiger partial charge is 0.337 e. The molecule has 0 radical (unpaired) electrons. The molecule has 2 aromatic rings. The number of hydrogen-bond donors (Lipinski definition) is 0. The van der Waals surface area contributed by atoms with Crippen LogP contribution in [-0.2, 0) is 12.8 Å². The Morgan fingerprint density at radius 1 is 1.16 bits per heavy atom. The number of nitrogens with zero attached hydrogens (tertiary/aromatic N) is 3. The number of rotatable bonds is 2. The Morgan fingerprint density at radius 2 is 1.92 bits per heavy atom. The van der Waals surface area contributed by atoms with Crippen LogP contribution in [0.2, 0.25) is 5.02 Å². The molecule has 1 unspecified atom stereocenters. The van der Waals surface area contributed by atoms with Gasteiger partial charge in [-0.2, -0.15) is 5.10 Å². The monoisotopic (exact) mass is 357 g/mol. The number of halogens is 1. The second kappa shape index (κ2) is 6.83. The van der Waals surface area contributed by atoms with Crippen molar-refractivity contribution >= 4 is 17.5 Å². The van der Waals surface area contributed by atoms with Gasteiger partial charge in [-0.1, -0.05) is 24.9 Å². The van der Waals surface area contributed by atoms with E-state index in [4.69, 9.17) is 16.7 Å². The van der Waals surface area contributed by atoms with Crippen molar-refractivity contribution in [3.8, 4) is 5.69 Å². The first-order chi connectivity index (χ1) is 12.1. The second-order valence-electron chi connectivity index (χ2n) is 7.37. The zero-order valence-corrected chi connectivity index (χ0v) is 15.4. The van der Waals surface area contributed by atoms with Crippen molar-refractivity contribution in [1.29, 1.82) is 0 Å². The molecule has 4 nitrogen and oxygen atoms in total. The minimum atomic E-state index is 0.107. The summed E-state index contributed by atoms with van der Waals surface area (Å²) in [6.07, 6.45) is 6.52. The van der Waals surface area contributed by atoms with Gasteiger partial charge in [-0.15, -0.1) is 0 Å². The van der Waals surface area contributed by atoms with Gasteiger partial charge in [0.1, 0.15) is 0 Å². The van der Waals surface area contributed by atoms with Gasteiger partial charge in [0.2, 0.25) is 0 Å². The smallest absolute Gasteiger partial charge is 0.274 e. The Bertz CT molecular complexity index is 781. The van der Waals surface area contributed by atoms with Gasteiger partial charge >= 0.3 is 0 Å². The maximum Gasteiger partial charge on any atom is 0.274 e. The molecule has 0 spiro atoms. The van der Waals surface area contributed by atoms with E-state index in [1.165, 1.54) is 12.1 Å². The highest BCUT2D eigenvalue weighted by Crippen LogP contribution is 2.28. The number of aromatic nitrogens is 2. The van der Waals surface area contributed by atoms with Crippen LogP contribution in [-0.4, -0.2) is 33.7 Å². The van der Waals surface area contributed by atoms with E-state index in [1.54, 1.807) is 0 Å². The summed E-state index contributed by atoms with van der Waals surface area (Å²) in [5.41, 5.74) is 4.02. The summed E-state index contributed by atoms with van der Waals surface area (Å²) in [6, 6.07) is 7.72. The van der Waals surface area contributed by atoms with Crippen molar-refractivity contribution in [2.75, 3.05) is 13.1 Å². The van der Waals surface area contributed by atoms with E-state index in [2.05, 4.69) is 6.92 Å². The number of carbonyl (C=O) groups is 1. The fourth-order valence-corrected chi connectivity index (χ4v) is 4.14. The summed E-state index contributed by atoms with van der Waals surface area (Å²) < 4.78 is 1.98. The van der Waals surface area contributed by atoms with Crippen molar-refractivity contribution in [3.63, 3.8) is 0 Å². The predicted octanol–water partition coefficient (Wildman–Crippen LogP) is 4.28. The van der Waals surface area contributed by atoms with E-state index in [9.17, 15) is 4.79 Å². The van der Waals surface area contributed by atoms with Crippen LogP contribution in [0.25, 0.3) is 5.69 Å². The lowest BCUT2D eigenvalue weighted by molar-refractivity contribution is 0.0780. The van der Waals surface area contributed by atoms with Crippen molar-refractivity contribution in [2.24, 2.45) is 5.92 Å². The minimum Gasteiger partial charge on any atom is -0.337 e. The van der Waals surface area contributed by atoms with Gasteiger partial charge in [0.25, 0.3) is 5.91 Å². The van der Waals surface area contributed by atoms with E-state index in [0.717, 1.165) is 56.4 Å². The Balaban J connectivity index is 1.76. The molecule has 0 bridgehead atoms. The molecule has 25 heavy (non-hydrogen) atoms. The van der Waals surface area contributed by atoms with E-state index in [0.29, 0.717) is 16.6 Å². The van der Waals surface area contributed by atoms with Crippen molar-refractivity contribution in [3.05, 3.63) is 46.2 Å². The third-order valence-corrected chi connectivity index (χ3v) is 5.67. The lowest BCUT2D eigenvalue weighted by atomic mass is 10.1. The zero-order chi connectivity index (χ0) is 17.4. The second-order valence-corrected chi connectivity index (χ2v) is 7.80. The van der Waals surface area contributed by atoms with Gasteiger partial charge in [-0.3, -0.25) is 4.79 Å². The molecule has 0 N–H and O–H groups in total. The minimum absolute atomic E-state index is 0.107. The third kappa shape index (κ3) is 3.20. The number of hydrogen-bond acceptors (Lipinski definition) is 2. The predicted molar refractivity (Wildman–Crippen MR) is 99.5 cm³/mol. The lowest BCUT2D eigenvalue weighted by Crippen LogP contribution is -2.29. The van der Waals surface area contributed by atoms with Crippen LogP contribution in [0.15, 0.2) is 24.3 Å². The Hall–Kier alpha value is -1.81. The summed E-state index contributed by atoms with van der Waals surface area (Å²) >= 11 is 6.03. The first-order valence-electron chi connectivity index (χ1n) is 9.29. The van der Waals surface area contributed by atoms with Crippen molar-refractivity contribution < 1.29 is 4.79 Å². The fraction of sp³-hybridized carbons (Fsp3) is 0.500. The molecule has 2 aliphatic rings. The van der Waals surface area contributed by atoms with Gasteiger partial charge in [0.05, 0.1) is 5.69 Å². The topological polar surface area (TPSA) is 38.1 Å². The summed E-state index contributed by atoms with van der Waals surface area (Å²) in [7, 11) is 0. The van der Waals surface area contributed by atoms with Crippen LogP contribution in [0.3, 0.4) is 0 Å². The highest BCUT2D eigenvalue weighted by Gasteiger charge is 2.30. The molecule has 1 aromatic carbocycles. The Labute approximate surface area is 153 Å². The summed E-state index contributed by atoms with van der Waals surface area (Å²) in [5.74, 6) is 0.691. The van der Waals surface area contributed by atoms with Crippen molar-refractivity contribution in [2.45, 2.75) is 45.4 Å². The normalized spacial score (nSPS) is 20.4. The van der Waals surface area contributed by atoms with Crippen LogP contribution < -0.4 is 0 Å². The molecule has 1 fully saturated rings. The highest BCUT2D eigenvalue weighted by molar-refractivity contribution is 6.30. The van der Waals surface area contributed by atoms with Gasteiger partial charge < -0.3 is 4.90 Å². The van der Waals surface area contributed by atoms with Crippen LogP contribution >= 0.6 is 11.6 Å². The Morgan fingerprint density at radius 3 is 2.64 bits per heavy atom. The molecule has 1 aliphatic carbocycles. The molecule has 2 heterocycles. The summed E-state index contributed by atoms with van der Waals surface area (Å²) in [5, 5.41) is 5.50. The summed E-state index contributed by atoms with van der Waals surface area (Å²) in [4.78, 5) is 15.1.